The highest BCUT2D eigenvalue weighted by atomic mass is 32.2. The van der Waals surface area contributed by atoms with Crippen LogP contribution in [-0.2, 0) is 21.2 Å². The number of hydrogen-bond acceptors (Lipinski definition) is 3. The van der Waals surface area contributed by atoms with Gasteiger partial charge in [0.05, 0.1) is 5.75 Å². The summed E-state index contributed by atoms with van der Waals surface area (Å²) < 4.78 is 26.2. The molecule has 1 amide bonds. The lowest BCUT2D eigenvalue weighted by Crippen LogP contribution is -2.38. The standard InChI is InChI=1S/C16H24N2O3S/c1-5-10-22(20,21)17-13-6-7-14-12(11-13)8-9-18(14)15(19)16(2,3)4/h6-7,11,17H,5,8-10H2,1-4H3. The molecule has 1 N–H and O–H groups in total. The van der Waals surface area contributed by atoms with Crippen molar-refractivity contribution in [1.82, 2.24) is 0 Å². The summed E-state index contributed by atoms with van der Waals surface area (Å²) >= 11 is 0. The van der Waals surface area contributed by atoms with Crippen molar-refractivity contribution in [3.05, 3.63) is 23.8 Å². The number of nitrogens with zero attached hydrogens (tertiary/aromatic N) is 1. The van der Waals surface area contributed by atoms with Crippen LogP contribution in [0.1, 0.15) is 39.7 Å². The lowest BCUT2D eigenvalue weighted by Gasteiger charge is -2.26. The van der Waals surface area contributed by atoms with Gasteiger partial charge in [0.15, 0.2) is 0 Å². The third-order valence-corrected chi connectivity index (χ3v) is 5.10. The molecule has 0 aromatic heterocycles. The fourth-order valence-electron chi connectivity index (χ4n) is 2.58. The van der Waals surface area contributed by atoms with Crippen molar-refractivity contribution in [2.45, 2.75) is 40.5 Å². The van der Waals surface area contributed by atoms with Gasteiger partial charge in [0, 0.05) is 23.3 Å². The topological polar surface area (TPSA) is 66.5 Å². The molecule has 0 aliphatic carbocycles. The van der Waals surface area contributed by atoms with Crippen molar-refractivity contribution in [3.63, 3.8) is 0 Å². The summed E-state index contributed by atoms with van der Waals surface area (Å²) in [4.78, 5) is 14.2. The third kappa shape index (κ3) is 3.61. The number of amides is 1. The first-order valence-corrected chi connectivity index (χ1v) is 9.24. The predicted octanol–water partition coefficient (Wildman–Crippen LogP) is 2.77. The number of rotatable bonds is 4. The minimum Gasteiger partial charge on any atom is -0.311 e. The second-order valence-corrected chi connectivity index (χ2v) is 8.56. The number of hydrogen-bond donors (Lipinski definition) is 1. The monoisotopic (exact) mass is 324 g/mol. The number of benzene rings is 1. The van der Waals surface area contributed by atoms with E-state index in [2.05, 4.69) is 4.72 Å². The quantitative estimate of drug-likeness (QED) is 0.926. The molecule has 0 radical (unpaired) electrons. The summed E-state index contributed by atoms with van der Waals surface area (Å²) in [6, 6.07) is 5.38. The number of fused-ring (bicyclic) bond motifs is 1. The zero-order chi connectivity index (χ0) is 16.5. The van der Waals surface area contributed by atoms with Crippen LogP contribution in [0, 0.1) is 5.41 Å². The van der Waals surface area contributed by atoms with Gasteiger partial charge in [0.2, 0.25) is 15.9 Å². The Hall–Kier alpha value is -1.56. The van der Waals surface area contributed by atoms with Gasteiger partial charge in [-0.15, -0.1) is 0 Å². The van der Waals surface area contributed by atoms with Gasteiger partial charge in [-0.25, -0.2) is 8.42 Å². The van der Waals surface area contributed by atoms with Gasteiger partial charge in [0.1, 0.15) is 0 Å². The molecule has 1 heterocycles. The first-order valence-electron chi connectivity index (χ1n) is 7.59. The molecule has 122 valence electrons. The van der Waals surface area contributed by atoms with Crippen LogP contribution in [0.2, 0.25) is 0 Å². The van der Waals surface area contributed by atoms with Crippen molar-refractivity contribution < 1.29 is 13.2 Å². The Morgan fingerprint density at radius 1 is 1.32 bits per heavy atom. The molecule has 0 fully saturated rings. The van der Waals surface area contributed by atoms with Gasteiger partial charge in [-0.2, -0.15) is 0 Å². The molecule has 0 saturated heterocycles. The zero-order valence-corrected chi connectivity index (χ0v) is 14.5. The molecule has 0 saturated carbocycles. The van der Waals surface area contributed by atoms with Crippen LogP contribution >= 0.6 is 0 Å². The normalized spacial score (nSPS) is 14.8. The first kappa shape index (κ1) is 16.8. The fourth-order valence-corrected chi connectivity index (χ4v) is 3.71. The van der Waals surface area contributed by atoms with E-state index < -0.39 is 15.4 Å². The summed E-state index contributed by atoms with van der Waals surface area (Å²) in [6.07, 6.45) is 1.33. The molecule has 6 heteroatoms. The zero-order valence-electron chi connectivity index (χ0n) is 13.6. The van der Waals surface area contributed by atoms with Crippen LogP contribution in [-0.4, -0.2) is 26.6 Å². The average Bonchev–Trinajstić information content (AvgIpc) is 2.78. The van der Waals surface area contributed by atoms with Crippen molar-refractivity contribution in [2.75, 3.05) is 21.9 Å². The molecule has 1 aliphatic rings. The van der Waals surface area contributed by atoms with Gasteiger partial charge < -0.3 is 4.90 Å². The van der Waals surface area contributed by atoms with Crippen molar-refractivity contribution in [1.29, 1.82) is 0 Å². The highest BCUT2D eigenvalue weighted by Crippen LogP contribution is 2.33. The van der Waals surface area contributed by atoms with E-state index in [-0.39, 0.29) is 11.7 Å². The van der Waals surface area contributed by atoms with Gasteiger partial charge in [-0.1, -0.05) is 27.7 Å². The van der Waals surface area contributed by atoms with Crippen LogP contribution in [0.5, 0.6) is 0 Å². The molecule has 0 unspecified atom stereocenters. The SMILES string of the molecule is CCCS(=O)(=O)Nc1ccc2c(c1)CCN2C(=O)C(C)(C)C. The number of anilines is 2. The van der Waals surface area contributed by atoms with E-state index >= 15 is 0 Å². The average molecular weight is 324 g/mol. The summed E-state index contributed by atoms with van der Waals surface area (Å²) in [7, 11) is -3.29. The van der Waals surface area contributed by atoms with Crippen molar-refractivity contribution >= 4 is 27.3 Å². The molecule has 5 nitrogen and oxygen atoms in total. The predicted molar refractivity (Wildman–Crippen MR) is 89.7 cm³/mol. The minimum atomic E-state index is -3.29. The highest BCUT2D eigenvalue weighted by molar-refractivity contribution is 7.92. The molecule has 0 atom stereocenters. The minimum absolute atomic E-state index is 0.0885. The molecule has 22 heavy (non-hydrogen) atoms. The Bertz CT molecular complexity index is 675. The Morgan fingerprint density at radius 3 is 2.59 bits per heavy atom. The van der Waals surface area contributed by atoms with Gasteiger partial charge in [-0.3, -0.25) is 9.52 Å². The summed E-state index contributed by atoms with van der Waals surface area (Å²) in [5.74, 6) is 0.198. The van der Waals surface area contributed by atoms with Crippen LogP contribution in [0.4, 0.5) is 11.4 Å². The smallest absolute Gasteiger partial charge is 0.232 e. The largest absolute Gasteiger partial charge is 0.311 e. The van der Waals surface area contributed by atoms with Crippen LogP contribution in [0.25, 0.3) is 0 Å². The Morgan fingerprint density at radius 2 is 2.00 bits per heavy atom. The van der Waals surface area contributed by atoms with E-state index in [1.807, 2.05) is 39.8 Å². The molecular formula is C16H24N2O3S. The third-order valence-electron chi connectivity index (χ3n) is 3.61. The van der Waals surface area contributed by atoms with E-state index in [0.29, 0.717) is 18.7 Å². The fraction of sp³-hybridized carbons (Fsp3) is 0.562. The maximum Gasteiger partial charge on any atom is 0.232 e. The van der Waals surface area contributed by atoms with E-state index in [1.165, 1.54) is 0 Å². The first-order chi connectivity index (χ1) is 10.1. The highest BCUT2D eigenvalue weighted by Gasteiger charge is 2.32. The number of sulfonamides is 1. The molecule has 1 aliphatic heterocycles. The van der Waals surface area contributed by atoms with Gasteiger partial charge in [-0.05, 0) is 36.6 Å². The van der Waals surface area contributed by atoms with Gasteiger partial charge >= 0.3 is 0 Å². The van der Waals surface area contributed by atoms with Crippen LogP contribution in [0.3, 0.4) is 0 Å². The van der Waals surface area contributed by atoms with E-state index in [4.69, 9.17) is 0 Å². The van der Waals surface area contributed by atoms with E-state index in [1.54, 1.807) is 11.0 Å². The lowest BCUT2D eigenvalue weighted by atomic mass is 9.94. The van der Waals surface area contributed by atoms with E-state index in [9.17, 15) is 13.2 Å². The van der Waals surface area contributed by atoms with Crippen molar-refractivity contribution in [3.8, 4) is 0 Å². The molecule has 1 aromatic carbocycles. The van der Waals surface area contributed by atoms with Crippen LogP contribution < -0.4 is 9.62 Å². The molecular weight excluding hydrogens is 300 g/mol. The second-order valence-electron chi connectivity index (χ2n) is 6.72. The molecule has 1 aromatic rings. The molecule has 0 spiro atoms. The lowest BCUT2D eigenvalue weighted by molar-refractivity contribution is -0.125. The molecule has 2 rings (SSSR count). The molecule has 0 bridgehead atoms. The van der Waals surface area contributed by atoms with Gasteiger partial charge in [0.25, 0.3) is 0 Å². The summed E-state index contributed by atoms with van der Waals surface area (Å²) in [5, 5.41) is 0. The van der Waals surface area contributed by atoms with E-state index in [0.717, 1.165) is 17.7 Å². The van der Waals surface area contributed by atoms with Crippen molar-refractivity contribution in [2.24, 2.45) is 5.41 Å². The second kappa shape index (κ2) is 5.91. The Labute approximate surface area is 132 Å². The van der Waals surface area contributed by atoms with Crippen LogP contribution in [0.15, 0.2) is 18.2 Å². The maximum atomic E-state index is 12.4. The Kier molecular flexibility index (Phi) is 4.52. The number of carbonyl (C=O) groups is 1. The number of nitrogens with one attached hydrogen (secondary N) is 1. The maximum absolute atomic E-state index is 12.4. The number of carbonyl (C=O) groups excluding carboxylic acids is 1. The summed E-state index contributed by atoms with van der Waals surface area (Å²) in [6.45, 7) is 8.19. The Balaban J connectivity index is 2.23. The summed E-state index contributed by atoms with van der Waals surface area (Å²) in [5.41, 5.74) is 2.04.